The lowest BCUT2D eigenvalue weighted by molar-refractivity contribution is 0.120. The number of ether oxygens (including phenoxy) is 1. The minimum Gasteiger partial charge on any atom is -0.380 e. The Bertz CT molecular complexity index is 203. The average Bonchev–Trinajstić information content (AvgIpc) is 2.38. The van der Waals surface area contributed by atoms with Crippen LogP contribution in [0, 0.1) is 11.3 Å². The molecule has 1 rings (SSSR count). The molecule has 0 aliphatic heterocycles. The topological polar surface area (TPSA) is 21.3 Å². The second-order valence-electron chi connectivity index (χ2n) is 6.17. The third-order valence-electron chi connectivity index (χ3n) is 3.96. The van der Waals surface area contributed by atoms with Gasteiger partial charge >= 0.3 is 0 Å². The predicted octanol–water partition coefficient (Wildman–Crippen LogP) is 3.83. The first-order valence-electron chi connectivity index (χ1n) is 7.53. The average molecular weight is 276 g/mol. The molecule has 0 aromatic rings. The van der Waals surface area contributed by atoms with E-state index in [2.05, 4.69) is 19.2 Å². The zero-order valence-corrected chi connectivity index (χ0v) is 12.9. The molecule has 2 nitrogen and oxygen atoms in total. The van der Waals surface area contributed by atoms with Gasteiger partial charge in [0.15, 0.2) is 0 Å². The zero-order valence-electron chi connectivity index (χ0n) is 12.1. The summed E-state index contributed by atoms with van der Waals surface area (Å²) in [5, 5.41) is 3.53. The Morgan fingerprint density at radius 2 is 1.89 bits per heavy atom. The van der Waals surface area contributed by atoms with Crippen molar-refractivity contribution in [3.05, 3.63) is 0 Å². The van der Waals surface area contributed by atoms with Crippen LogP contribution in [0.4, 0.5) is 0 Å². The van der Waals surface area contributed by atoms with Crippen LogP contribution in [-0.2, 0) is 4.74 Å². The molecule has 0 radical (unpaired) electrons. The third-order valence-corrected chi connectivity index (χ3v) is 4.53. The third kappa shape index (κ3) is 6.40. The van der Waals surface area contributed by atoms with Crippen molar-refractivity contribution in [3.8, 4) is 0 Å². The highest BCUT2D eigenvalue weighted by Gasteiger charge is 2.30. The van der Waals surface area contributed by atoms with Gasteiger partial charge in [-0.15, -0.1) is 11.6 Å². The van der Waals surface area contributed by atoms with Gasteiger partial charge in [0, 0.05) is 25.6 Å². The molecule has 0 spiro atoms. The molecular weight excluding hydrogens is 246 g/mol. The van der Waals surface area contributed by atoms with Gasteiger partial charge < -0.3 is 10.1 Å². The fourth-order valence-electron chi connectivity index (χ4n) is 2.58. The highest BCUT2D eigenvalue weighted by Crippen LogP contribution is 2.36. The summed E-state index contributed by atoms with van der Waals surface area (Å²) in [5.41, 5.74) is 0.359. The second-order valence-corrected chi connectivity index (χ2v) is 6.43. The Morgan fingerprint density at radius 1 is 1.17 bits per heavy atom. The second kappa shape index (κ2) is 9.17. The summed E-state index contributed by atoms with van der Waals surface area (Å²) in [5.74, 6) is 1.54. The lowest BCUT2D eigenvalue weighted by Gasteiger charge is -2.35. The van der Waals surface area contributed by atoms with Gasteiger partial charge in [-0.3, -0.25) is 0 Å². The Labute approximate surface area is 118 Å². The van der Waals surface area contributed by atoms with Crippen LogP contribution in [0.1, 0.15) is 52.4 Å². The van der Waals surface area contributed by atoms with Crippen molar-refractivity contribution in [2.75, 3.05) is 32.2 Å². The van der Waals surface area contributed by atoms with Gasteiger partial charge in [0.1, 0.15) is 0 Å². The normalized spacial score (nSPS) is 19.3. The highest BCUT2D eigenvalue weighted by atomic mass is 35.5. The molecule has 108 valence electrons. The van der Waals surface area contributed by atoms with Crippen LogP contribution in [0.3, 0.4) is 0 Å². The molecule has 0 aromatic heterocycles. The van der Waals surface area contributed by atoms with Crippen LogP contribution < -0.4 is 5.32 Å². The van der Waals surface area contributed by atoms with Crippen LogP contribution in [-0.4, -0.2) is 32.2 Å². The fraction of sp³-hybridized carbons (Fsp3) is 1.00. The standard InChI is InChI=1S/C15H30ClNO/c1-14(2)6-10-18-11-9-17-13-15(12-16)7-4-3-5-8-15/h14,17H,3-13H2,1-2H3. The lowest BCUT2D eigenvalue weighted by atomic mass is 9.75. The number of hydrogen-bond acceptors (Lipinski definition) is 2. The molecule has 0 atom stereocenters. The Kier molecular flexibility index (Phi) is 8.28. The largest absolute Gasteiger partial charge is 0.380 e. The van der Waals surface area contributed by atoms with Crippen LogP contribution in [0.25, 0.3) is 0 Å². The molecule has 18 heavy (non-hydrogen) atoms. The van der Waals surface area contributed by atoms with Crippen LogP contribution in [0.15, 0.2) is 0 Å². The fourth-order valence-corrected chi connectivity index (χ4v) is 2.94. The number of rotatable bonds is 9. The van der Waals surface area contributed by atoms with Crippen LogP contribution >= 0.6 is 11.6 Å². The first-order valence-corrected chi connectivity index (χ1v) is 8.06. The Morgan fingerprint density at radius 3 is 2.50 bits per heavy atom. The van der Waals surface area contributed by atoms with Gasteiger partial charge in [0.05, 0.1) is 6.61 Å². The van der Waals surface area contributed by atoms with Crippen LogP contribution in [0.5, 0.6) is 0 Å². The van der Waals surface area contributed by atoms with Crippen molar-refractivity contribution in [3.63, 3.8) is 0 Å². The SMILES string of the molecule is CC(C)CCOCCNCC1(CCl)CCCCC1. The van der Waals surface area contributed by atoms with E-state index >= 15 is 0 Å². The van der Waals surface area contributed by atoms with Gasteiger partial charge in [0.25, 0.3) is 0 Å². The van der Waals surface area contributed by atoms with E-state index < -0.39 is 0 Å². The lowest BCUT2D eigenvalue weighted by Crippen LogP contribution is -2.38. The summed E-state index contributed by atoms with van der Waals surface area (Å²) >= 11 is 6.16. The molecule has 3 heteroatoms. The molecule has 0 saturated heterocycles. The molecule has 0 bridgehead atoms. The van der Waals surface area contributed by atoms with Crippen molar-refractivity contribution in [1.82, 2.24) is 5.32 Å². The first kappa shape index (κ1) is 16.3. The van der Waals surface area contributed by atoms with Crippen molar-refractivity contribution < 1.29 is 4.74 Å². The van der Waals surface area contributed by atoms with E-state index in [0.717, 1.165) is 44.5 Å². The molecule has 1 fully saturated rings. The highest BCUT2D eigenvalue weighted by molar-refractivity contribution is 6.18. The van der Waals surface area contributed by atoms with Crippen molar-refractivity contribution in [2.24, 2.45) is 11.3 Å². The van der Waals surface area contributed by atoms with Gasteiger partial charge in [-0.1, -0.05) is 33.1 Å². The molecule has 1 N–H and O–H groups in total. The molecule has 0 unspecified atom stereocenters. The molecule has 0 heterocycles. The Balaban J connectivity index is 2.02. The first-order chi connectivity index (χ1) is 8.68. The van der Waals surface area contributed by atoms with E-state index in [1.807, 2.05) is 0 Å². The quantitative estimate of drug-likeness (QED) is 0.510. The van der Waals surface area contributed by atoms with Crippen molar-refractivity contribution in [2.45, 2.75) is 52.4 Å². The maximum Gasteiger partial charge on any atom is 0.0590 e. The molecule has 0 aromatic carbocycles. The molecular formula is C15H30ClNO. The number of alkyl halides is 1. The number of halogens is 1. The summed E-state index contributed by atoms with van der Waals surface area (Å²) in [7, 11) is 0. The van der Waals surface area contributed by atoms with E-state index in [9.17, 15) is 0 Å². The van der Waals surface area contributed by atoms with E-state index in [-0.39, 0.29) is 0 Å². The van der Waals surface area contributed by atoms with Gasteiger partial charge in [-0.05, 0) is 30.6 Å². The van der Waals surface area contributed by atoms with Gasteiger partial charge in [0.2, 0.25) is 0 Å². The predicted molar refractivity (Wildman–Crippen MR) is 79.4 cm³/mol. The molecule has 1 aliphatic carbocycles. The van der Waals surface area contributed by atoms with E-state index in [1.54, 1.807) is 0 Å². The smallest absolute Gasteiger partial charge is 0.0590 e. The molecule has 1 aliphatic rings. The molecule has 0 amide bonds. The minimum atomic E-state index is 0.359. The Hall–Kier alpha value is 0.210. The monoisotopic (exact) mass is 275 g/mol. The van der Waals surface area contributed by atoms with Crippen molar-refractivity contribution >= 4 is 11.6 Å². The minimum absolute atomic E-state index is 0.359. The number of hydrogen-bond donors (Lipinski definition) is 1. The van der Waals surface area contributed by atoms with E-state index in [0.29, 0.717) is 5.41 Å². The van der Waals surface area contributed by atoms with Gasteiger partial charge in [-0.25, -0.2) is 0 Å². The summed E-state index contributed by atoms with van der Waals surface area (Å²) in [6, 6.07) is 0. The maximum atomic E-state index is 6.16. The van der Waals surface area contributed by atoms with E-state index in [1.165, 1.54) is 32.1 Å². The van der Waals surface area contributed by atoms with Crippen molar-refractivity contribution in [1.29, 1.82) is 0 Å². The van der Waals surface area contributed by atoms with Crippen LogP contribution in [0.2, 0.25) is 0 Å². The van der Waals surface area contributed by atoms with E-state index in [4.69, 9.17) is 16.3 Å². The maximum absolute atomic E-state index is 6.16. The summed E-state index contributed by atoms with van der Waals surface area (Å²) in [4.78, 5) is 0. The van der Waals surface area contributed by atoms with Gasteiger partial charge in [-0.2, -0.15) is 0 Å². The number of nitrogens with one attached hydrogen (secondary N) is 1. The summed E-state index contributed by atoms with van der Waals surface area (Å²) in [6.45, 7) is 8.19. The summed E-state index contributed by atoms with van der Waals surface area (Å²) < 4.78 is 5.60. The zero-order chi connectivity index (χ0) is 13.3. The summed E-state index contributed by atoms with van der Waals surface area (Å²) in [6.07, 6.45) is 7.82. The molecule has 1 saturated carbocycles.